The van der Waals surface area contributed by atoms with Crippen LogP contribution in [0, 0.1) is 5.92 Å². The van der Waals surface area contributed by atoms with E-state index in [1.165, 1.54) is 0 Å². The summed E-state index contributed by atoms with van der Waals surface area (Å²) in [5.74, 6) is -1.18. The van der Waals surface area contributed by atoms with Crippen molar-refractivity contribution in [2.45, 2.75) is 46.3 Å². The summed E-state index contributed by atoms with van der Waals surface area (Å²) in [6, 6.07) is 5.70. The van der Waals surface area contributed by atoms with Crippen LogP contribution in [-0.2, 0) is 14.3 Å². The van der Waals surface area contributed by atoms with Crippen LogP contribution in [0.15, 0.2) is 24.3 Å². The van der Waals surface area contributed by atoms with Gasteiger partial charge in [-0.1, -0.05) is 25.4 Å². The fourth-order valence-electron chi connectivity index (χ4n) is 2.08. The van der Waals surface area contributed by atoms with E-state index in [0.29, 0.717) is 10.6 Å². The summed E-state index contributed by atoms with van der Waals surface area (Å²) in [6.07, 6.45) is -0.106. The molecule has 0 radical (unpaired) electrons. The molecule has 1 unspecified atom stereocenters. The molecule has 1 atom stereocenters. The number of nitrogens with one attached hydrogen (secondary N) is 2. The third-order valence-electron chi connectivity index (χ3n) is 3.34. The van der Waals surface area contributed by atoms with Crippen molar-refractivity contribution in [1.82, 2.24) is 10.6 Å². The molecule has 0 saturated heterocycles. The summed E-state index contributed by atoms with van der Waals surface area (Å²) in [5, 5.41) is 5.90. The van der Waals surface area contributed by atoms with Crippen LogP contribution >= 0.6 is 11.6 Å². The maximum Gasteiger partial charge on any atom is 0.307 e. The van der Waals surface area contributed by atoms with Crippen molar-refractivity contribution in [2.75, 3.05) is 6.54 Å². The van der Waals surface area contributed by atoms with Gasteiger partial charge in [0.1, 0.15) is 6.04 Å². The molecule has 0 aliphatic heterocycles. The SMILES string of the molecule is CC(C)OC(=O)CCNC(=O)C(NC(=O)c1ccc(Cl)cc1)C(C)C. The zero-order chi connectivity index (χ0) is 19.0. The Bertz CT molecular complexity index is 600. The normalized spacial score (nSPS) is 12.0. The highest BCUT2D eigenvalue weighted by atomic mass is 35.5. The van der Waals surface area contributed by atoms with Crippen LogP contribution in [0.3, 0.4) is 0 Å². The van der Waals surface area contributed by atoms with Crippen LogP contribution in [0.25, 0.3) is 0 Å². The lowest BCUT2D eigenvalue weighted by Crippen LogP contribution is -2.50. The molecule has 0 aliphatic rings. The van der Waals surface area contributed by atoms with Crippen molar-refractivity contribution in [3.8, 4) is 0 Å². The van der Waals surface area contributed by atoms with E-state index in [2.05, 4.69) is 10.6 Å². The van der Waals surface area contributed by atoms with Gasteiger partial charge >= 0.3 is 5.97 Å². The second-order valence-electron chi connectivity index (χ2n) is 6.28. The Morgan fingerprint density at radius 3 is 2.20 bits per heavy atom. The third kappa shape index (κ3) is 7.56. The Labute approximate surface area is 153 Å². The van der Waals surface area contributed by atoms with E-state index in [4.69, 9.17) is 16.3 Å². The molecule has 7 heteroatoms. The summed E-state index contributed by atoms with van der Waals surface area (Å²) < 4.78 is 5.00. The molecule has 0 fully saturated rings. The van der Waals surface area contributed by atoms with Gasteiger partial charge in [-0.15, -0.1) is 0 Å². The molecule has 0 spiro atoms. The Balaban J connectivity index is 2.57. The van der Waals surface area contributed by atoms with Crippen molar-refractivity contribution in [1.29, 1.82) is 0 Å². The largest absolute Gasteiger partial charge is 0.463 e. The molecule has 138 valence electrons. The average molecular weight is 369 g/mol. The number of amides is 2. The van der Waals surface area contributed by atoms with Crippen LogP contribution in [0.1, 0.15) is 44.5 Å². The van der Waals surface area contributed by atoms with E-state index in [0.717, 1.165) is 0 Å². The van der Waals surface area contributed by atoms with Crippen molar-refractivity contribution < 1.29 is 19.1 Å². The van der Waals surface area contributed by atoms with Gasteiger partial charge in [-0.2, -0.15) is 0 Å². The van der Waals surface area contributed by atoms with Gasteiger partial charge in [-0.05, 0) is 44.0 Å². The highest BCUT2D eigenvalue weighted by Gasteiger charge is 2.24. The monoisotopic (exact) mass is 368 g/mol. The first-order valence-electron chi connectivity index (χ1n) is 8.24. The predicted molar refractivity (Wildman–Crippen MR) is 96.4 cm³/mol. The van der Waals surface area contributed by atoms with Crippen LogP contribution in [0.4, 0.5) is 0 Å². The van der Waals surface area contributed by atoms with E-state index in [9.17, 15) is 14.4 Å². The lowest BCUT2D eigenvalue weighted by atomic mass is 10.0. The molecule has 25 heavy (non-hydrogen) atoms. The zero-order valence-corrected chi connectivity index (χ0v) is 15.7. The van der Waals surface area contributed by atoms with Gasteiger partial charge < -0.3 is 15.4 Å². The number of halogens is 1. The molecule has 0 bridgehead atoms. The third-order valence-corrected chi connectivity index (χ3v) is 3.59. The number of carbonyl (C=O) groups is 3. The minimum Gasteiger partial charge on any atom is -0.463 e. The van der Waals surface area contributed by atoms with Crippen molar-refractivity contribution in [3.05, 3.63) is 34.9 Å². The van der Waals surface area contributed by atoms with Gasteiger partial charge in [0.05, 0.1) is 12.5 Å². The Morgan fingerprint density at radius 2 is 1.68 bits per heavy atom. The quantitative estimate of drug-likeness (QED) is 0.690. The lowest BCUT2D eigenvalue weighted by Gasteiger charge is -2.21. The maximum absolute atomic E-state index is 12.3. The van der Waals surface area contributed by atoms with Gasteiger partial charge in [0.2, 0.25) is 5.91 Å². The Morgan fingerprint density at radius 1 is 1.08 bits per heavy atom. The van der Waals surface area contributed by atoms with E-state index >= 15 is 0 Å². The van der Waals surface area contributed by atoms with Crippen molar-refractivity contribution in [3.63, 3.8) is 0 Å². The summed E-state index contributed by atoms with van der Waals surface area (Å²) in [6.45, 7) is 7.35. The standard InChI is InChI=1S/C18H25ClN2O4/c1-11(2)16(18(24)20-10-9-15(22)25-12(3)4)21-17(23)13-5-7-14(19)8-6-13/h5-8,11-12,16H,9-10H2,1-4H3,(H,20,24)(H,21,23). The van der Waals surface area contributed by atoms with Crippen LogP contribution in [0.5, 0.6) is 0 Å². The van der Waals surface area contributed by atoms with E-state index in [1.54, 1.807) is 38.1 Å². The van der Waals surface area contributed by atoms with Crippen LogP contribution in [-0.4, -0.2) is 36.5 Å². The molecular weight excluding hydrogens is 344 g/mol. The van der Waals surface area contributed by atoms with Crippen molar-refractivity contribution >= 4 is 29.4 Å². The summed E-state index contributed by atoms with van der Waals surface area (Å²) in [4.78, 5) is 36.1. The lowest BCUT2D eigenvalue weighted by molar-refractivity contribution is -0.147. The smallest absolute Gasteiger partial charge is 0.307 e. The molecule has 0 aliphatic carbocycles. The Kier molecular flexibility index (Phi) is 8.41. The van der Waals surface area contributed by atoms with E-state index < -0.39 is 6.04 Å². The number of benzene rings is 1. The summed E-state index contributed by atoms with van der Waals surface area (Å²) >= 11 is 5.80. The molecule has 0 aromatic heterocycles. The molecule has 1 aromatic rings. The minimum atomic E-state index is -0.704. The molecule has 2 amide bonds. The van der Waals surface area contributed by atoms with Crippen molar-refractivity contribution in [2.24, 2.45) is 5.92 Å². The van der Waals surface area contributed by atoms with Crippen LogP contribution in [0.2, 0.25) is 5.02 Å². The molecular formula is C18H25ClN2O4. The number of ether oxygens (including phenoxy) is 1. The molecule has 6 nitrogen and oxygen atoms in total. The number of hydrogen-bond acceptors (Lipinski definition) is 4. The highest BCUT2D eigenvalue weighted by Crippen LogP contribution is 2.10. The number of carbonyl (C=O) groups excluding carboxylic acids is 3. The van der Waals surface area contributed by atoms with Gasteiger partial charge in [0.15, 0.2) is 0 Å². The van der Waals surface area contributed by atoms with E-state index in [-0.39, 0.29) is 42.8 Å². The molecule has 1 rings (SSSR count). The Hall–Kier alpha value is -2.08. The summed E-state index contributed by atoms with van der Waals surface area (Å²) in [5.41, 5.74) is 0.420. The average Bonchev–Trinajstić information content (AvgIpc) is 2.51. The molecule has 0 heterocycles. The fourth-order valence-corrected chi connectivity index (χ4v) is 2.21. The predicted octanol–water partition coefficient (Wildman–Crippen LogP) is 2.55. The zero-order valence-electron chi connectivity index (χ0n) is 15.0. The fraction of sp³-hybridized carbons (Fsp3) is 0.500. The number of esters is 1. The first kappa shape index (κ1) is 21.0. The van der Waals surface area contributed by atoms with Crippen LogP contribution < -0.4 is 10.6 Å². The number of hydrogen-bond donors (Lipinski definition) is 2. The van der Waals surface area contributed by atoms with Gasteiger partial charge in [0.25, 0.3) is 5.91 Å². The molecule has 1 aromatic carbocycles. The van der Waals surface area contributed by atoms with Gasteiger partial charge in [0, 0.05) is 17.1 Å². The second-order valence-corrected chi connectivity index (χ2v) is 6.72. The van der Waals surface area contributed by atoms with Gasteiger partial charge in [-0.25, -0.2) is 0 Å². The topological polar surface area (TPSA) is 84.5 Å². The first-order valence-corrected chi connectivity index (χ1v) is 8.62. The highest BCUT2D eigenvalue weighted by molar-refractivity contribution is 6.30. The summed E-state index contributed by atoms with van der Waals surface area (Å²) in [7, 11) is 0. The molecule has 0 saturated carbocycles. The number of rotatable bonds is 8. The maximum atomic E-state index is 12.3. The molecule has 2 N–H and O–H groups in total. The van der Waals surface area contributed by atoms with Gasteiger partial charge in [-0.3, -0.25) is 14.4 Å². The minimum absolute atomic E-state index is 0.0832. The van der Waals surface area contributed by atoms with E-state index in [1.807, 2.05) is 13.8 Å². The first-order chi connectivity index (χ1) is 11.7. The second kappa shape index (κ2) is 10.0.